The van der Waals surface area contributed by atoms with E-state index in [1.807, 2.05) is 66.7 Å². The van der Waals surface area contributed by atoms with E-state index in [1.54, 1.807) is 11.1 Å². The molecule has 1 aliphatic heterocycles. The van der Waals surface area contributed by atoms with Gasteiger partial charge in [-0.2, -0.15) is 0 Å². The molecule has 0 fully saturated rings. The van der Waals surface area contributed by atoms with Crippen molar-refractivity contribution in [2.75, 3.05) is 6.54 Å². The first-order valence-electron chi connectivity index (χ1n) is 10.6. The third kappa shape index (κ3) is 4.75. The molecule has 0 aromatic heterocycles. The minimum absolute atomic E-state index is 0.0637. The first-order valence-corrected chi connectivity index (χ1v) is 10.6. The Balaban J connectivity index is 1.51. The Morgan fingerprint density at radius 1 is 0.871 bits per heavy atom. The van der Waals surface area contributed by atoms with Crippen LogP contribution in [0, 0.1) is 0 Å². The van der Waals surface area contributed by atoms with Crippen molar-refractivity contribution in [3.05, 3.63) is 113 Å². The summed E-state index contributed by atoms with van der Waals surface area (Å²) >= 11 is 0. The summed E-state index contributed by atoms with van der Waals surface area (Å²) in [6, 6.07) is 28.0. The average molecular weight is 411 g/mol. The Bertz CT molecular complexity index is 1040. The molecule has 0 aliphatic carbocycles. The smallest absolute Gasteiger partial charge is 0.223 e. The minimum Gasteiger partial charge on any atom is -0.355 e. The van der Waals surface area contributed by atoms with Gasteiger partial charge in [-0.25, -0.2) is 0 Å². The summed E-state index contributed by atoms with van der Waals surface area (Å²) < 4.78 is 0. The van der Waals surface area contributed by atoms with Crippen LogP contribution in [0.1, 0.15) is 47.6 Å². The number of carbonyl (C=O) groups is 2. The standard InChI is InChI=1S/C27H26N2O2/c1-20(30)29-17-16-23-14-8-9-15-24(23)26(29)18-27(31)28-19-25(21-10-4-2-5-11-21)22-12-6-3-7-13-22/h2-17,25-26H,18-19H2,1H3,(H,28,31). The summed E-state index contributed by atoms with van der Waals surface area (Å²) in [4.78, 5) is 26.8. The van der Waals surface area contributed by atoms with E-state index in [9.17, 15) is 9.59 Å². The Morgan fingerprint density at radius 3 is 2.06 bits per heavy atom. The van der Waals surface area contributed by atoms with Crippen molar-refractivity contribution in [3.8, 4) is 0 Å². The lowest BCUT2D eigenvalue weighted by Gasteiger charge is -2.32. The lowest BCUT2D eigenvalue weighted by Crippen LogP contribution is -2.36. The molecule has 1 aliphatic rings. The molecule has 1 heterocycles. The molecule has 3 aromatic carbocycles. The van der Waals surface area contributed by atoms with Crippen LogP contribution in [0.2, 0.25) is 0 Å². The summed E-state index contributed by atoms with van der Waals surface area (Å²) in [6.45, 7) is 2.03. The second kappa shape index (κ2) is 9.43. The van der Waals surface area contributed by atoms with Crippen molar-refractivity contribution in [1.29, 1.82) is 0 Å². The number of amides is 2. The van der Waals surface area contributed by atoms with Crippen LogP contribution in [0.5, 0.6) is 0 Å². The molecule has 31 heavy (non-hydrogen) atoms. The fourth-order valence-corrected chi connectivity index (χ4v) is 4.18. The molecule has 3 aromatic rings. The van der Waals surface area contributed by atoms with Gasteiger partial charge in [0.2, 0.25) is 11.8 Å². The molecule has 1 atom stereocenters. The summed E-state index contributed by atoms with van der Waals surface area (Å²) in [7, 11) is 0. The molecule has 0 spiro atoms. The molecule has 0 saturated carbocycles. The van der Waals surface area contributed by atoms with E-state index < -0.39 is 0 Å². The Kier molecular flexibility index (Phi) is 6.27. The van der Waals surface area contributed by atoms with Gasteiger partial charge in [-0.15, -0.1) is 0 Å². The van der Waals surface area contributed by atoms with Crippen molar-refractivity contribution in [2.24, 2.45) is 0 Å². The van der Waals surface area contributed by atoms with Crippen molar-refractivity contribution >= 4 is 17.9 Å². The first-order chi connectivity index (χ1) is 15.1. The highest BCUT2D eigenvalue weighted by Crippen LogP contribution is 2.33. The maximum Gasteiger partial charge on any atom is 0.223 e. The van der Waals surface area contributed by atoms with Crippen molar-refractivity contribution in [2.45, 2.75) is 25.3 Å². The monoisotopic (exact) mass is 410 g/mol. The molecule has 4 rings (SSSR count). The van der Waals surface area contributed by atoms with Gasteiger partial charge in [0.25, 0.3) is 0 Å². The largest absolute Gasteiger partial charge is 0.355 e. The highest BCUT2D eigenvalue weighted by atomic mass is 16.2. The van der Waals surface area contributed by atoms with Gasteiger partial charge in [0, 0.05) is 25.6 Å². The van der Waals surface area contributed by atoms with Crippen molar-refractivity contribution in [1.82, 2.24) is 10.2 Å². The Hall–Kier alpha value is -3.66. The predicted molar refractivity (Wildman–Crippen MR) is 123 cm³/mol. The Labute approximate surface area is 183 Å². The molecular formula is C27H26N2O2. The molecule has 1 N–H and O–H groups in total. The van der Waals surface area contributed by atoms with Crippen LogP contribution in [-0.4, -0.2) is 23.3 Å². The summed E-state index contributed by atoms with van der Waals surface area (Å²) in [5.41, 5.74) is 4.36. The normalized spacial score (nSPS) is 14.9. The van der Waals surface area contributed by atoms with E-state index in [0.717, 1.165) is 22.3 Å². The van der Waals surface area contributed by atoms with Crippen LogP contribution in [0.15, 0.2) is 91.1 Å². The summed E-state index contributed by atoms with van der Waals surface area (Å²) in [5.74, 6) is -0.0815. The topological polar surface area (TPSA) is 49.4 Å². The van der Waals surface area contributed by atoms with Gasteiger partial charge in [0.15, 0.2) is 0 Å². The molecule has 4 heteroatoms. The third-order valence-corrected chi connectivity index (χ3v) is 5.76. The van der Waals surface area contributed by atoms with Gasteiger partial charge >= 0.3 is 0 Å². The lowest BCUT2D eigenvalue weighted by molar-refractivity contribution is -0.129. The van der Waals surface area contributed by atoms with E-state index in [2.05, 4.69) is 29.6 Å². The Morgan fingerprint density at radius 2 is 1.45 bits per heavy atom. The maximum atomic E-state index is 13.0. The zero-order valence-corrected chi connectivity index (χ0v) is 17.6. The van der Waals surface area contributed by atoms with E-state index in [-0.39, 0.29) is 30.2 Å². The van der Waals surface area contributed by atoms with Gasteiger partial charge < -0.3 is 10.2 Å². The molecule has 4 nitrogen and oxygen atoms in total. The predicted octanol–water partition coefficient (Wildman–Crippen LogP) is 4.90. The number of nitrogens with zero attached hydrogens (tertiary/aromatic N) is 1. The van der Waals surface area contributed by atoms with Gasteiger partial charge in [-0.05, 0) is 28.3 Å². The number of benzene rings is 3. The number of carbonyl (C=O) groups excluding carboxylic acids is 2. The van der Waals surface area contributed by atoms with Gasteiger partial charge in [-0.3, -0.25) is 9.59 Å². The number of hydrogen-bond acceptors (Lipinski definition) is 2. The van der Waals surface area contributed by atoms with Crippen LogP contribution < -0.4 is 5.32 Å². The van der Waals surface area contributed by atoms with Gasteiger partial charge in [0.1, 0.15) is 0 Å². The van der Waals surface area contributed by atoms with E-state index in [4.69, 9.17) is 0 Å². The van der Waals surface area contributed by atoms with Gasteiger partial charge in [0.05, 0.1) is 12.5 Å². The summed E-state index contributed by atoms with van der Waals surface area (Å²) in [6.07, 6.45) is 3.92. The van der Waals surface area contributed by atoms with Crippen LogP contribution in [0.3, 0.4) is 0 Å². The minimum atomic E-state index is -0.300. The van der Waals surface area contributed by atoms with Crippen molar-refractivity contribution in [3.63, 3.8) is 0 Å². The molecule has 156 valence electrons. The molecular weight excluding hydrogens is 384 g/mol. The van der Waals surface area contributed by atoms with Crippen LogP contribution in [0.25, 0.3) is 6.08 Å². The maximum absolute atomic E-state index is 13.0. The zero-order valence-electron chi connectivity index (χ0n) is 17.6. The van der Waals surface area contributed by atoms with E-state index >= 15 is 0 Å². The molecule has 1 unspecified atom stereocenters. The SMILES string of the molecule is CC(=O)N1C=Cc2ccccc2C1CC(=O)NCC(c1ccccc1)c1ccccc1. The third-order valence-electron chi connectivity index (χ3n) is 5.76. The van der Waals surface area contributed by atoms with Crippen LogP contribution in [0.4, 0.5) is 0 Å². The molecule has 0 radical (unpaired) electrons. The summed E-state index contributed by atoms with van der Waals surface area (Å²) in [5, 5.41) is 3.12. The molecule has 0 bridgehead atoms. The quantitative estimate of drug-likeness (QED) is 0.628. The van der Waals surface area contributed by atoms with Crippen LogP contribution >= 0.6 is 0 Å². The second-order valence-electron chi connectivity index (χ2n) is 7.77. The highest BCUT2D eigenvalue weighted by Gasteiger charge is 2.28. The van der Waals surface area contributed by atoms with Crippen LogP contribution in [-0.2, 0) is 9.59 Å². The zero-order chi connectivity index (χ0) is 21.6. The number of hydrogen-bond donors (Lipinski definition) is 1. The van der Waals surface area contributed by atoms with E-state index in [0.29, 0.717) is 6.54 Å². The molecule has 0 saturated heterocycles. The number of fused-ring (bicyclic) bond motifs is 1. The average Bonchev–Trinajstić information content (AvgIpc) is 2.80. The fraction of sp³-hybridized carbons (Fsp3) is 0.185. The lowest BCUT2D eigenvalue weighted by atomic mass is 9.91. The highest BCUT2D eigenvalue weighted by molar-refractivity contribution is 5.81. The molecule has 2 amide bonds. The second-order valence-corrected chi connectivity index (χ2v) is 7.77. The number of nitrogens with one attached hydrogen (secondary N) is 1. The number of rotatable bonds is 6. The van der Waals surface area contributed by atoms with Crippen molar-refractivity contribution < 1.29 is 9.59 Å². The van der Waals surface area contributed by atoms with Gasteiger partial charge in [-0.1, -0.05) is 84.9 Å². The first kappa shape index (κ1) is 20.6. The van der Waals surface area contributed by atoms with E-state index in [1.165, 1.54) is 6.92 Å². The fourth-order valence-electron chi connectivity index (χ4n) is 4.18.